The second-order valence-electron chi connectivity index (χ2n) is 8.15. The summed E-state index contributed by atoms with van der Waals surface area (Å²) < 4.78 is 37.9. The molecule has 2 aliphatic heterocycles. The third-order valence-electron chi connectivity index (χ3n) is 5.77. The summed E-state index contributed by atoms with van der Waals surface area (Å²) in [6.45, 7) is 8.50. The van der Waals surface area contributed by atoms with Crippen LogP contribution in [0.3, 0.4) is 0 Å². The molecule has 4 rings (SSSR count). The molecule has 0 spiro atoms. The molecule has 1 saturated carbocycles. The minimum Gasteiger partial charge on any atom is -0.475 e. The van der Waals surface area contributed by atoms with Gasteiger partial charge >= 0.3 is 12.1 Å². The van der Waals surface area contributed by atoms with E-state index in [0.717, 1.165) is 44.5 Å². The summed E-state index contributed by atoms with van der Waals surface area (Å²) in [4.78, 5) is 23.0. The summed E-state index contributed by atoms with van der Waals surface area (Å²) in [5.74, 6) is -0.305. The smallest absolute Gasteiger partial charge is 0.475 e. The van der Waals surface area contributed by atoms with Crippen LogP contribution < -0.4 is 4.90 Å². The van der Waals surface area contributed by atoms with Gasteiger partial charge in [0.15, 0.2) is 0 Å². The third kappa shape index (κ3) is 6.53. The van der Waals surface area contributed by atoms with Crippen molar-refractivity contribution in [2.75, 3.05) is 44.2 Å². The average molecular weight is 430 g/mol. The van der Waals surface area contributed by atoms with Crippen molar-refractivity contribution in [2.24, 2.45) is 11.8 Å². The molecule has 1 aromatic heterocycles. The molecule has 1 aromatic rings. The van der Waals surface area contributed by atoms with E-state index in [1.54, 1.807) is 0 Å². The van der Waals surface area contributed by atoms with Crippen LogP contribution in [-0.4, -0.2) is 77.6 Å². The van der Waals surface area contributed by atoms with Gasteiger partial charge in [0.05, 0.1) is 12.7 Å². The molecule has 0 aromatic carbocycles. The van der Waals surface area contributed by atoms with E-state index in [4.69, 9.17) is 14.6 Å². The van der Waals surface area contributed by atoms with Crippen LogP contribution in [0.15, 0.2) is 12.4 Å². The van der Waals surface area contributed by atoms with Crippen LogP contribution >= 0.6 is 0 Å². The molecule has 30 heavy (non-hydrogen) atoms. The Balaban J connectivity index is 0.000000318. The van der Waals surface area contributed by atoms with Gasteiger partial charge in [0.2, 0.25) is 5.95 Å². The number of hydrogen-bond donors (Lipinski definition) is 1. The van der Waals surface area contributed by atoms with E-state index in [1.165, 1.54) is 37.9 Å². The highest BCUT2D eigenvalue weighted by Crippen LogP contribution is 2.32. The highest BCUT2D eigenvalue weighted by atomic mass is 19.4. The van der Waals surface area contributed by atoms with Crippen LogP contribution in [0.4, 0.5) is 19.1 Å². The Labute approximate surface area is 174 Å². The van der Waals surface area contributed by atoms with E-state index in [1.807, 2.05) is 12.4 Å². The molecule has 0 unspecified atom stereocenters. The number of carboxylic acid groups (broad SMARTS) is 1. The summed E-state index contributed by atoms with van der Waals surface area (Å²) in [7, 11) is 0. The molecule has 0 bridgehead atoms. The Morgan fingerprint density at radius 2 is 1.87 bits per heavy atom. The van der Waals surface area contributed by atoms with Gasteiger partial charge in [-0.25, -0.2) is 14.8 Å². The summed E-state index contributed by atoms with van der Waals surface area (Å²) in [6.07, 6.45) is 4.33. The number of aliphatic carboxylic acids is 1. The fraction of sp³-hybridized carbons (Fsp3) is 0.750. The first kappa shape index (κ1) is 22.7. The topological polar surface area (TPSA) is 78.8 Å². The van der Waals surface area contributed by atoms with Gasteiger partial charge in [-0.1, -0.05) is 6.92 Å². The maximum absolute atomic E-state index is 10.6. The lowest BCUT2D eigenvalue weighted by atomic mass is 9.93. The Morgan fingerprint density at radius 1 is 1.20 bits per heavy atom. The fourth-order valence-corrected chi connectivity index (χ4v) is 3.82. The molecular weight excluding hydrogens is 401 g/mol. The molecule has 3 fully saturated rings. The van der Waals surface area contributed by atoms with Gasteiger partial charge in [-0.05, 0) is 43.7 Å². The Morgan fingerprint density at radius 3 is 2.43 bits per heavy atom. The summed E-state index contributed by atoms with van der Waals surface area (Å²) in [6, 6.07) is 0. The van der Waals surface area contributed by atoms with Crippen molar-refractivity contribution in [2.45, 2.75) is 44.9 Å². The molecule has 0 radical (unpaired) electrons. The van der Waals surface area contributed by atoms with Crippen LogP contribution in [0.2, 0.25) is 0 Å². The van der Waals surface area contributed by atoms with E-state index in [2.05, 4.69) is 26.7 Å². The molecule has 0 amide bonds. The van der Waals surface area contributed by atoms with Crippen molar-refractivity contribution in [3.8, 4) is 0 Å². The normalized spacial score (nSPS) is 25.0. The Bertz CT molecular complexity index is 698. The number of carbonyl (C=O) groups is 1. The number of hydrogen-bond acceptors (Lipinski definition) is 6. The molecule has 2 saturated heterocycles. The van der Waals surface area contributed by atoms with Crippen LogP contribution in [0.1, 0.15) is 31.7 Å². The predicted octanol–water partition coefficient (Wildman–Crippen LogP) is 2.61. The largest absolute Gasteiger partial charge is 0.490 e. The summed E-state index contributed by atoms with van der Waals surface area (Å²) >= 11 is 0. The molecule has 168 valence electrons. The van der Waals surface area contributed by atoms with Gasteiger partial charge in [0.1, 0.15) is 0 Å². The number of halogens is 3. The second kappa shape index (κ2) is 9.91. The fourth-order valence-electron chi connectivity index (χ4n) is 3.82. The predicted molar refractivity (Wildman–Crippen MR) is 104 cm³/mol. The molecule has 3 heterocycles. The van der Waals surface area contributed by atoms with Crippen LogP contribution in [0, 0.1) is 11.8 Å². The number of rotatable bonds is 4. The number of aromatic nitrogens is 2. The monoisotopic (exact) mass is 430 g/mol. The molecule has 7 nitrogen and oxygen atoms in total. The van der Waals surface area contributed by atoms with Crippen LogP contribution in [-0.2, 0) is 16.0 Å². The average Bonchev–Trinajstić information content (AvgIpc) is 3.54. The maximum Gasteiger partial charge on any atom is 0.490 e. The lowest BCUT2D eigenvalue weighted by Crippen LogP contribution is -2.47. The number of nitrogens with zero attached hydrogens (tertiary/aromatic N) is 4. The zero-order valence-corrected chi connectivity index (χ0v) is 17.1. The van der Waals surface area contributed by atoms with E-state index < -0.39 is 12.1 Å². The Kier molecular flexibility index (Phi) is 7.51. The van der Waals surface area contributed by atoms with Crippen molar-refractivity contribution < 1.29 is 27.8 Å². The molecule has 2 atom stereocenters. The van der Waals surface area contributed by atoms with Gasteiger partial charge in [0, 0.05) is 44.5 Å². The summed E-state index contributed by atoms with van der Waals surface area (Å²) in [5, 5.41) is 7.12. The lowest BCUT2D eigenvalue weighted by Gasteiger charge is -2.38. The zero-order valence-electron chi connectivity index (χ0n) is 17.1. The first-order valence-corrected chi connectivity index (χ1v) is 10.5. The number of carboxylic acids is 1. The van der Waals surface area contributed by atoms with Crippen molar-refractivity contribution in [1.82, 2.24) is 14.9 Å². The van der Waals surface area contributed by atoms with Crippen molar-refractivity contribution in [3.63, 3.8) is 0 Å². The van der Waals surface area contributed by atoms with Gasteiger partial charge in [-0.2, -0.15) is 13.2 Å². The van der Waals surface area contributed by atoms with Crippen molar-refractivity contribution in [3.05, 3.63) is 18.0 Å². The second-order valence-corrected chi connectivity index (χ2v) is 8.15. The van der Waals surface area contributed by atoms with Gasteiger partial charge < -0.3 is 19.6 Å². The first-order chi connectivity index (χ1) is 14.3. The Hall–Kier alpha value is -1.94. The molecule has 1 aliphatic carbocycles. The number of likely N-dealkylation sites (tertiary alicyclic amines) is 1. The molecule has 1 N–H and O–H groups in total. The lowest BCUT2D eigenvalue weighted by molar-refractivity contribution is -0.192. The van der Waals surface area contributed by atoms with Crippen LogP contribution in [0.5, 0.6) is 0 Å². The van der Waals surface area contributed by atoms with E-state index in [9.17, 15) is 13.2 Å². The number of alkyl halides is 3. The van der Waals surface area contributed by atoms with Crippen molar-refractivity contribution in [1.29, 1.82) is 0 Å². The number of aryl methyl sites for hydroxylation is 1. The van der Waals surface area contributed by atoms with Gasteiger partial charge in [0.25, 0.3) is 0 Å². The number of ether oxygens (including phenoxy) is 1. The number of anilines is 1. The SMILES string of the molecule is CCc1cnc(N2CCO[C@@H]3CN(CC4CC4)CC[C@@H]3C2)nc1.O=C(O)C(F)(F)F. The van der Waals surface area contributed by atoms with Crippen molar-refractivity contribution >= 4 is 11.9 Å². The molecule has 10 heteroatoms. The van der Waals surface area contributed by atoms with Crippen LogP contribution in [0.25, 0.3) is 0 Å². The van der Waals surface area contributed by atoms with E-state index in [0.29, 0.717) is 12.0 Å². The quantitative estimate of drug-likeness (QED) is 0.787. The maximum atomic E-state index is 10.6. The standard InChI is InChI=1S/C18H28N4O.C2HF3O2/c1-2-14-9-19-18(20-10-14)22-7-8-23-17-13-21(11-15-3-4-15)6-5-16(17)12-22;3-2(4,5)1(6)7/h9-10,15-17H,2-8,11-13H2,1H3;(H,6,7)/t16-,17-;/m1./s1. The summed E-state index contributed by atoms with van der Waals surface area (Å²) in [5.41, 5.74) is 1.20. The van der Waals surface area contributed by atoms with E-state index >= 15 is 0 Å². The third-order valence-corrected chi connectivity index (χ3v) is 5.77. The first-order valence-electron chi connectivity index (χ1n) is 10.5. The highest BCUT2D eigenvalue weighted by Gasteiger charge is 2.38. The zero-order chi connectivity index (χ0) is 21.7. The van der Waals surface area contributed by atoms with Gasteiger partial charge in [-0.3, -0.25) is 0 Å². The minimum atomic E-state index is -5.08. The highest BCUT2D eigenvalue weighted by molar-refractivity contribution is 5.73. The molecule has 3 aliphatic rings. The van der Waals surface area contributed by atoms with Gasteiger partial charge in [-0.15, -0.1) is 0 Å². The molecular formula is C20H29F3N4O3. The number of piperidine rings is 1. The number of fused-ring (bicyclic) bond motifs is 1. The van der Waals surface area contributed by atoms with E-state index in [-0.39, 0.29) is 0 Å². The minimum absolute atomic E-state index is 0.391.